The summed E-state index contributed by atoms with van der Waals surface area (Å²) in [5.74, 6) is 0.885. The second-order valence-electron chi connectivity index (χ2n) is 4.29. The normalized spacial score (nSPS) is 9.95. The number of nitrogen functional groups attached to an aromatic ring is 1. The quantitative estimate of drug-likeness (QED) is 0.879. The summed E-state index contributed by atoms with van der Waals surface area (Å²) < 4.78 is 10.2. The molecule has 0 fully saturated rings. The van der Waals surface area contributed by atoms with E-state index in [2.05, 4.69) is 15.0 Å². The van der Waals surface area contributed by atoms with Gasteiger partial charge in [-0.1, -0.05) is 24.3 Å². The first-order valence-corrected chi connectivity index (χ1v) is 6.42. The van der Waals surface area contributed by atoms with Crippen molar-refractivity contribution < 1.29 is 14.3 Å². The molecule has 1 aromatic carbocycles. The summed E-state index contributed by atoms with van der Waals surface area (Å²) in [7, 11) is 1.33. The van der Waals surface area contributed by atoms with Crippen LogP contribution >= 0.6 is 0 Å². The van der Waals surface area contributed by atoms with Crippen LogP contribution in [0.1, 0.15) is 11.1 Å². The van der Waals surface area contributed by atoms with E-state index in [0.717, 1.165) is 11.1 Å². The zero-order valence-corrected chi connectivity index (χ0v) is 11.7. The van der Waals surface area contributed by atoms with Crippen LogP contribution in [0.5, 0.6) is 5.75 Å². The standard InChI is InChI=1S/C15H17N3O3/c1-20-15(19)18-9-11-5-2-3-6-12(11)10-21-13-7-4-8-17-14(13)16/h2-8H,9-10H2,1H3,(H2,16,17)(H,18,19). The highest BCUT2D eigenvalue weighted by Crippen LogP contribution is 2.19. The van der Waals surface area contributed by atoms with Crippen molar-refractivity contribution in [2.75, 3.05) is 12.8 Å². The molecule has 0 atom stereocenters. The van der Waals surface area contributed by atoms with Gasteiger partial charge in [0, 0.05) is 12.7 Å². The maximum absolute atomic E-state index is 11.1. The lowest BCUT2D eigenvalue weighted by Crippen LogP contribution is -2.23. The monoisotopic (exact) mass is 287 g/mol. The van der Waals surface area contributed by atoms with Gasteiger partial charge in [0.25, 0.3) is 0 Å². The lowest BCUT2D eigenvalue weighted by Gasteiger charge is -2.12. The maximum Gasteiger partial charge on any atom is 0.407 e. The molecule has 21 heavy (non-hydrogen) atoms. The van der Waals surface area contributed by atoms with Crippen LogP contribution in [0.4, 0.5) is 10.6 Å². The Bertz CT molecular complexity index is 617. The molecule has 1 heterocycles. The van der Waals surface area contributed by atoms with Gasteiger partial charge in [0.2, 0.25) is 0 Å². The molecule has 0 aliphatic rings. The van der Waals surface area contributed by atoms with Gasteiger partial charge in [0.1, 0.15) is 6.61 Å². The number of hydrogen-bond donors (Lipinski definition) is 2. The Kier molecular flexibility index (Phi) is 4.98. The third-order valence-electron chi connectivity index (χ3n) is 2.91. The molecule has 0 saturated heterocycles. The largest absolute Gasteiger partial charge is 0.485 e. The van der Waals surface area contributed by atoms with Crippen LogP contribution in [0.2, 0.25) is 0 Å². The molecule has 1 amide bonds. The molecule has 1 aromatic heterocycles. The number of nitrogens with zero attached hydrogens (tertiary/aromatic N) is 1. The summed E-state index contributed by atoms with van der Waals surface area (Å²) in [5.41, 5.74) is 7.63. The molecule has 3 N–H and O–H groups in total. The van der Waals surface area contributed by atoms with E-state index in [1.807, 2.05) is 24.3 Å². The van der Waals surface area contributed by atoms with E-state index in [0.29, 0.717) is 24.7 Å². The predicted molar refractivity (Wildman–Crippen MR) is 78.7 cm³/mol. The Labute approximate surface area is 122 Å². The van der Waals surface area contributed by atoms with E-state index in [1.165, 1.54) is 7.11 Å². The third kappa shape index (κ3) is 4.10. The zero-order chi connectivity index (χ0) is 15.1. The van der Waals surface area contributed by atoms with Crippen LogP contribution in [0.25, 0.3) is 0 Å². The Balaban J connectivity index is 2.03. The molecule has 0 bridgehead atoms. The van der Waals surface area contributed by atoms with E-state index >= 15 is 0 Å². The molecular formula is C15H17N3O3. The number of nitrogens with one attached hydrogen (secondary N) is 1. The number of anilines is 1. The third-order valence-corrected chi connectivity index (χ3v) is 2.91. The van der Waals surface area contributed by atoms with Crippen LogP contribution in [0.3, 0.4) is 0 Å². The number of alkyl carbamates (subject to hydrolysis) is 1. The number of ether oxygens (including phenoxy) is 2. The number of benzene rings is 1. The molecule has 0 radical (unpaired) electrons. The number of carbonyl (C=O) groups excluding carboxylic acids is 1. The molecular weight excluding hydrogens is 270 g/mol. The van der Waals surface area contributed by atoms with Crippen molar-refractivity contribution in [2.45, 2.75) is 13.2 Å². The summed E-state index contributed by atoms with van der Waals surface area (Å²) in [6, 6.07) is 11.2. The van der Waals surface area contributed by atoms with Crippen LogP contribution in [0.15, 0.2) is 42.6 Å². The molecule has 6 nitrogen and oxygen atoms in total. The van der Waals surface area contributed by atoms with Crippen molar-refractivity contribution in [1.29, 1.82) is 0 Å². The van der Waals surface area contributed by atoms with Crippen molar-refractivity contribution in [1.82, 2.24) is 10.3 Å². The van der Waals surface area contributed by atoms with Crippen LogP contribution in [-0.2, 0) is 17.9 Å². The average Bonchev–Trinajstić information content (AvgIpc) is 2.52. The Morgan fingerprint density at radius 2 is 2.00 bits per heavy atom. The number of aromatic nitrogens is 1. The first-order chi connectivity index (χ1) is 10.2. The van der Waals surface area contributed by atoms with Crippen molar-refractivity contribution >= 4 is 11.9 Å². The minimum Gasteiger partial charge on any atom is -0.485 e. The number of amides is 1. The van der Waals surface area contributed by atoms with Crippen molar-refractivity contribution in [3.05, 3.63) is 53.7 Å². The number of methoxy groups -OCH3 is 1. The molecule has 2 rings (SSSR count). The smallest absolute Gasteiger partial charge is 0.407 e. The summed E-state index contributed by atoms with van der Waals surface area (Å²) in [5, 5.41) is 2.64. The van der Waals surface area contributed by atoms with Crippen LogP contribution in [0, 0.1) is 0 Å². The number of rotatable bonds is 5. The van der Waals surface area contributed by atoms with Crippen LogP contribution < -0.4 is 15.8 Å². The molecule has 0 spiro atoms. The lowest BCUT2D eigenvalue weighted by atomic mass is 10.1. The molecule has 2 aromatic rings. The number of nitrogens with two attached hydrogens (primary N) is 1. The van der Waals surface area contributed by atoms with Gasteiger partial charge in [-0.15, -0.1) is 0 Å². The molecule has 0 aliphatic heterocycles. The zero-order valence-electron chi connectivity index (χ0n) is 11.7. The second-order valence-corrected chi connectivity index (χ2v) is 4.29. The fourth-order valence-corrected chi connectivity index (χ4v) is 1.79. The van der Waals surface area contributed by atoms with Gasteiger partial charge in [-0.25, -0.2) is 9.78 Å². The van der Waals surface area contributed by atoms with E-state index in [4.69, 9.17) is 10.5 Å². The molecule has 0 unspecified atom stereocenters. The Morgan fingerprint density at radius 1 is 1.24 bits per heavy atom. The SMILES string of the molecule is COC(=O)NCc1ccccc1COc1cccnc1N. The molecule has 0 aliphatic carbocycles. The topological polar surface area (TPSA) is 86.5 Å². The van der Waals surface area contributed by atoms with Crippen LogP contribution in [-0.4, -0.2) is 18.2 Å². The summed E-state index contributed by atoms with van der Waals surface area (Å²) >= 11 is 0. The number of hydrogen-bond acceptors (Lipinski definition) is 5. The van der Waals surface area contributed by atoms with E-state index in [9.17, 15) is 4.79 Å². The maximum atomic E-state index is 11.1. The van der Waals surface area contributed by atoms with Crippen molar-refractivity contribution in [3.63, 3.8) is 0 Å². The molecule has 110 valence electrons. The summed E-state index contributed by atoms with van der Waals surface area (Å²) in [4.78, 5) is 15.1. The Morgan fingerprint density at radius 3 is 2.71 bits per heavy atom. The van der Waals surface area contributed by atoms with Crippen molar-refractivity contribution in [2.24, 2.45) is 0 Å². The van der Waals surface area contributed by atoms with Gasteiger partial charge in [0.05, 0.1) is 7.11 Å². The fourth-order valence-electron chi connectivity index (χ4n) is 1.79. The lowest BCUT2D eigenvalue weighted by molar-refractivity contribution is 0.170. The van der Waals surface area contributed by atoms with Gasteiger partial charge >= 0.3 is 6.09 Å². The predicted octanol–water partition coefficient (Wildman–Crippen LogP) is 2.10. The molecule has 0 saturated carbocycles. The fraction of sp³-hybridized carbons (Fsp3) is 0.200. The van der Waals surface area contributed by atoms with Gasteiger partial charge in [0.15, 0.2) is 11.6 Å². The van der Waals surface area contributed by atoms with Gasteiger partial charge in [-0.3, -0.25) is 0 Å². The molecule has 6 heteroatoms. The Hall–Kier alpha value is -2.76. The van der Waals surface area contributed by atoms with E-state index in [1.54, 1.807) is 18.3 Å². The summed E-state index contributed by atoms with van der Waals surface area (Å²) in [6.45, 7) is 0.712. The highest BCUT2D eigenvalue weighted by Gasteiger charge is 2.06. The highest BCUT2D eigenvalue weighted by molar-refractivity contribution is 5.66. The van der Waals surface area contributed by atoms with Gasteiger partial charge < -0.3 is 20.5 Å². The number of pyridine rings is 1. The van der Waals surface area contributed by atoms with E-state index in [-0.39, 0.29) is 0 Å². The highest BCUT2D eigenvalue weighted by atomic mass is 16.5. The summed E-state index contributed by atoms with van der Waals surface area (Å²) in [6.07, 6.45) is 1.14. The second kappa shape index (κ2) is 7.14. The van der Waals surface area contributed by atoms with E-state index < -0.39 is 6.09 Å². The minimum absolute atomic E-state index is 0.342. The van der Waals surface area contributed by atoms with Gasteiger partial charge in [-0.2, -0.15) is 0 Å². The van der Waals surface area contributed by atoms with Gasteiger partial charge in [-0.05, 0) is 23.3 Å². The van der Waals surface area contributed by atoms with Crippen molar-refractivity contribution in [3.8, 4) is 5.75 Å². The number of carbonyl (C=O) groups is 1. The first-order valence-electron chi connectivity index (χ1n) is 6.42. The average molecular weight is 287 g/mol. The minimum atomic E-state index is -0.470. The first kappa shape index (κ1) is 14.6.